The van der Waals surface area contributed by atoms with E-state index in [9.17, 15) is 9.59 Å². The van der Waals surface area contributed by atoms with E-state index in [1.165, 1.54) is 0 Å². The van der Waals surface area contributed by atoms with Crippen molar-refractivity contribution in [1.29, 1.82) is 0 Å². The van der Waals surface area contributed by atoms with Crippen LogP contribution in [0.25, 0.3) is 0 Å². The molecule has 0 aliphatic carbocycles. The van der Waals surface area contributed by atoms with Crippen molar-refractivity contribution in [3.63, 3.8) is 0 Å². The molecule has 0 aromatic heterocycles. The van der Waals surface area contributed by atoms with Crippen LogP contribution in [-0.4, -0.2) is 54.7 Å². The highest BCUT2D eigenvalue weighted by atomic mass is 16.5. The van der Waals surface area contributed by atoms with Crippen LogP contribution in [0.5, 0.6) is 0 Å². The number of ether oxygens (including phenoxy) is 1. The van der Waals surface area contributed by atoms with Gasteiger partial charge in [-0.3, -0.25) is 9.59 Å². The van der Waals surface area contributed by atoms with Gasteiger partial charge in [0.1, 0.15) is 0 Å². The van der Waals surface area contributed by atoms with Crippen LogP contribution in [0.2, 0.25) is 0 Å². The van der Waals surface area contributed by atoms with Gasteiger partial charge in [-0.05, 0) is 12.8 Å². The minimum Gasteiger partial charge on any atom is -0.481 e. The Balaban J connectivity index is 2.19. The predicted octanol–water partition coefficient (Wildman–Crippen LogP) is -0.327. The Morgan fingerprint density at radius 2 is 2.18 bits per heavy atom. The van der Waals surface area contributed by atoms with E-state index >= 15 is 0 Å². The molecule has 6 nitrogen and oxygen atoms in total. The van der Waals surface area contributed by atoms with Crippen LogP contribution in [0.4, 0.5) is 0 Å². The highest BCUT2D eigenvalue weighted by Crippen LogP contribution is 2.20. The first-order valence-corrected chi connectivity index (χ1v) is 5.79. The number of hydrogen-bond acceptors (Lipinski definition) is 4. The lowest BCUT2D eigenvalue weighted by atomic mass is 9.95. The second kappa shape index (κ2) is 6.56. The normalized spacial score (nSPS) is 17.6. The summed E-state index contributed by atoms with van der Waals surface area (Å²) >= 11 is 0. The monoisotopic (exact) mass is 244 g/mol. The third-order valence-corrected chi connectivity index (χ3v) is 2.91. The van der Waals surface area contributed by atoms with Crippen molar-refractivity contribution < 1.29 is 19.4 Å². The SMILES string of the molecule is COCCCC(N)C(=O)N1CC(CC(=O)O)C1. The Bertz CT molecular complexity index is 277. The largest absolute Gasteiger partial charge is 0.481 e. The first-order chi connectivity index (χ1) is 8.04. The number of carbonyl (C=O) groups is 2. The summed E-state index contributed by atoms with van der Waals surface area (Å²) in [6.45, 7) is 1.63. The van der Waals surface area contributed by atoms with Gasteiger partial charge in [0.2, 0.25) is 5.91 Å². The van der Waals surface area contributed by atoms with E-state index < -0.39 is 12.0 Å². The van der Waals surface area contributed by atoms with Crippen LogP contribution in [0, 0.1) is 5.92 Å². The van der Waals surface area contributed by atoms with Crippen LogP contribution in [-0.2, 0) is 14.3 Å². The van der Waals surface area contributed by atoms with Crippen LogP contribution >= 0.6 is 0 Å². The van der Waals surface area contributed by atoms with Crippen molar-refractivity contribution >= 4 is 11.9 Å². The van der Waals surface area contributed by atoms with Gasteiger partial charge in [0.05, 0.1) is 12.5 Å². The third kappa shape index (κ3) is 4.32. The van der Waals surface area contributed by atoms with Gasteiger partial charge in [-0.25, -0.2) is 0 Å². The van der Waals surface area contributed by atoms with E-state index in [1.807, 2.05) is 0 Å². The molecule has 1 fully saturated rings. The zero-order valence-corrected chi connectivity index (χ0v) is 10.1. The van der Waals surface area contributed by atoms with E-state index in [2.05, 4.69) is 0 Å². The van der Waals surface area contributed by atoms with Crippen molar-refractivity contribution in [1.82, 2.24) is 4.90 Å². The van der Waals surface area contributed by atoms with Gasteiger partial charge in [0.25, 0.3) is 0 Å². The summed E-state index contributed by atoms with van der Waals surface area (Å²) in [6.07, 6.45) is 1.49. The molecule has 1 aliphatic heterocycles. The van der Waals surface area contributed by atoms with Gasteiger partial charge < -0.3 is 20.5 Å². The molecule has 1 aliphatic rings. The molecule has 0 aromatic rings. The van der Waals surface area contributed by atoms with Gasteiger partial charge in [0, 0.05) is 32.7 Å². The summed E-state index contributed by atoms with van der Waals surface area (Å²) in [4.78, 5) is 23.8. The minimum atomic E-state index is -0.813. The van der Waals surface area contributed by atoms with Crippen LogP contribution in [0.1, 0.15) is 19.3 Å². The molecule has 0 spiro atoms. The molecule has 1 saturated heterocycles. The first-order valence-electron chi connectivity index (χ1n) is 5.79. The fourth-order valence-electron chi connectivity index (χ4n) is 1.93. The lowest BCUT2D eigenvalue weighted by molar-refractivity contribution is -0.145. The zero-order valence-electron chi connectivity index (χ0n) is 10.1. The van der Waals surface area contributed by atoms with E-state index in [1.54, 1.807) is 12.0 Å². The lowest BCUT2D eigenvalue weighted by Gasteiger charge is -2.39. The number of carboxylic acids is 1. The molecule has 1 heterocycles. The number of nitrogens with zero attached hydrogens (tertiary/aromatic N) is 1. The quantitative estimate of drug-likeness (QED) is 0.598. The molecule has 0 aromatic carbocycles. The molecule has 1 amide bonds. The van der Waals surface area contributed by atoms with Gasteiger partial charge in [-0.2, -0.15) is 0 Å². The van der Waals surface area contributed by atoms with Crippen molar-refractivity contribution in [2.24, 2.45) is 11.7 Å². The number of carboxylic acid groups (broad SMARTS) is 1. The van der Waals surface area contributed by atoms with Gasteiger partial charge in [-0.1, -0.05) is 0 Å². The topological polar surface area (TPSA) is 92.9 Å². The van der Waals surface area contributed by atoms with Crippen LogP contribution in [0.3, 0.4) is 0 Å². The summed E-state index contributed by atoms with van der Waals surface area (Å²) in [5.74, 6) is -0.808. The number of amides is 1. The highest BCUT2D eigenvalue weighted by molar-refractivity contribution is 5.82. The Hall–Kier alpha value is -1.14. The second-order valence-corrected chi connectivity index (χ2v) is 4.45. The molecule has 1 unspecified atom stereocenters. The molecule has 0 radical (unpaired) electrons. The maximum atomic E-state index is 11.8. The average Bonchev–Trinajstić information content (AvgIpc) is 2.21. The number of methoxy groups -OCH3 is 1. The lowest BCUT2D eigenvalue weighted by Crippen LogP contribution is -2.55. The van der Waals surface area contributed by atoms with Gasteiger partial charge in [-0.15, -0.1) is 0 Å². The van der Waals surface area contributed by atoms with Crippen molar-refractivity contribution in [3.8, 4) is 0 Å². The third-order valence-electron chi connectivity index (χ3n) is 2.91. The highest BCUT2D eigenvalue weighted by Gasteiger charge is 2.33. The smallest absolute Gasteiger partial charge is 0.303 e. The standard InChI is InChI=1S/C11H20N2O4/c1-17-4-2-3-9(12)11(16)13-6-8(7-13)5-10(14)15/h8-9H,2-7,12H2,1H3,(H,14,15). The summed E-state index contributed by atoms with van der Waals surface area (Å²) in [5.41, 5.74) is 5.75. The zero-order chi connectivity index (χ0) is 12.8. The summed E-state index contributed by atoms with van der Waals surface area (Å²) in [6, 6.07) is -0.490. The molecule has 0 saturated carbocycles. The molecule has 1 atom stereocenters. The number of carbonyl (C=O) groups excluding carboxylic acids is 1. The molecule has 98 valence electrons. The number of rotatable bonds is 7. The van der Waals surface area contributed by atoms with E-state index in [4.69, 9.17) is 15.6 Å². The van der Waals surface area contributed by atoms with Crippen molar-refractivity contribution in [3.05, 3.63) is 0 Å². The summed E-state index contributed by atoms with van der Waals surface area (Å²) in [5, 5.41) is 8.58. The molecule has 6 heteroatoms. The second-order valence-electron chi connectivity index (χ2n) is 4.45. The number of nitrogens with two attached hydrogens (primary N) is 1. The molecule has 17 heavy (non-hydrogen) atoms. The Kier molecular flexibility index (Phi) is 5.37. The Morgan fingerprint density at radius 1 is 1.53 bits per heavy atom. The fraction of sp³-hybridized carbons (Fsp3) is 0.818. The van der Waals surface area contributed by atoms with Crippen molar-refractivity contribution in [2.75, 3.05) is 26.8 Å². The summed E-state index contributed by atoms with van der Waals surface area (Å²) in [7, 11) is 1.61. The molecule has 3 N–H and O–H groups in total. The van der Waals surface area contributed by atoms with Crippen LogP contribution in [0.15, 0.2) is 0 Å². The van der Waals surface area contributed by atoms with Gasteiger partial charge >= 0.3 is 5.97 Å². The van der Waals surface area contributed by atoms with Crippen molar-refractivity contribution in [2.45, 2.75) is 25.3 Å². The number of hydrogen-bond donors (Lipinski definition) is 2. The summed E-state index contributed by atoms with van der Waals surface area (Å²) < 4.78 is 4.89. The maximum absolute atomic E-state index is 11.8. The van der Waals surface area contributed by atoms with Gasteiger partial charge in [0.15, 0.2) is 0 Å². The Labute approximate surface area is 101 Å². The molecule has 0 bridgehead atoms. The van der Waals surface area contributed by atoms with Crippen LogP contribution < -0.4 is 5.73 Å². The Morgan fingerprint density at radius 3 is 2.71 bits per heavy atom. The average molecular weight is 244 g/mol. The maximum Gasteiger partial charge on any atom is 0.303 e. The minimum absolute atomic E-state index is 0.0808. The fourth-order valence-corrected chi connectivity index (χ4v) is 1.93. The molecular weight excluding hydrogens is 224 g/mol. The van der Waals surface area contributed by atoms with E-state index in [0.717, 1.165) is 6.42 Å². The number of aliphatic carboxylic acids is 1. The first kappa shape index (κ1) is 13.9. The van der Waals surface area contributed by atoms with E-state index in [0.29, 0.717) is 26.1 Å². The number of likely N-dealkylation sites (tertiary alicyclic amines) is 1. The predicted molar refractivity (Wildman–Crippen MR) is 61.4 cm³/mol. The molecule has 1 rings (SSSR count). The van der Waals surface area contributed by atoms with E-state index in [-0.39, 0.29) is 18.2 Å². The molecular formula is C11H20N2O4.